The number of carbonyl (C=O) groups is 3. The van der Waals surface area contributed by atoms with E-state index in [0.717, 1.165) is 16.8 Å². The summed E-state index contributed by atoms with van der Waals surface area (Å²) in [5.74, 6) is -2.11. The van der Waals surface area contributed by atoms with E-state index in [0.29, 0.717) is 19.4 Å². The molecule has 31 heavy (non-hydrogen) atoms. The number of unbranched alkanes of at least 4 members (excludes halogenated alkanes) is 1. The van der Waals surface area contributed by atoms with Crippen LogP contribution in [0.15, 0.2) is 30.4 Å². The Balaban J connectivity index is 1.96. The number of nitrogens with one attached hydrogen (secondary N) is 2. The van der Waals surface area contributed by atoms with Crippen LogP contribution in [-0.4, -0.2) is 54.0 Å². The second-order valence-corrected chi connectivity index (χ2v) is 8.65. The van der Waals surface area contributed by atoms with Gasteiger partial charge < -0.3 is 20.6 Å². The highest BCUT2D eigenvalue weighted by Crippen LogP contribution is 2.44. The number of hydrogen-bond acceptors (Lipinski definition) is 4. The van der Waals surface area contributed by atoms with E-state index >= 15 is 0 Å². The molecule has 1 aliphatic carbocycles. The average Bonchev–Trinajstić information content (AvgIpc) is 3.02. The summed E-state index contributed by atoms with van der Waals surface area (Å²) in [5.41, 5.74) is 2.67. The highest BCUT2D eigenvalue weighted by atomic mass is 16.3. The normalized spacial score (nSPS) is 27.2. The van der Waals surface area contributed by atoms with Crippen LogP contribution in [0.3, 0.4) is 0 Å². The van der Waals surface area contributed by atoms with Crippen molar-refractivity contribution in [2.24, 2.45) is 23.7 Å². The SMILES string of the molecule is CNC(=O)[C@H]1[C@H]2C(=O)N(CCCCO)[C@H](C(=O)Nc3c(C)cccc3C)[C@H]2C=C[C@H]1C. The molecule has 3 rings (SSSR count). The van der Waals surface area contributed by atoms with E-state index in [9.17, 15) is 19.5 Å². The number of benzene rings is 1. The summed E-state index contributed by atoms with van der Waals surface area (Å²) in [7, 11) is 1.58. The van der Waals surface area contributed by atoms with Crippen LogP contribution in [0, 0.1) is 37.5 Å². The van der Waals surface area contributed by atoms with Crippen LogP contribution in [0.25, 0.3) is 0 Å². The van der Waals surface area contributed by atoms with Gasteiger partial charge in [0, 0.05) is 31.8 Å². The van der Waals surface area contributed by atoms with Gasteiger partial charge in [0.1, 0.15) is 6.04 Å². The molecule has 1 aromatic carbocycles. The van der Waals surface area contributed by atoms with Gasteiger partial charge in [0.2, 0.25) is 17.7 Å². The molecule has 0 bridgehead atoms. The summed E-state index contributed by atoms with van der Waals surface area (Å²) >= 11 is 0. The molecule has 0 radical (unpaired) electrons. The molecule has 1 saturated heterocycles. The number of allylic oxidation sites excluding steroid dienone is 1. The molecular formula is C24H33N3O4. The van der Waals surface area contributed by atoms with Crippen molar-refractivity contribution in [3.63, 3.8) is 0 Å². The first-order valence-electron chi connectivity index (χ1n) is 11.0. The molecular weight excluding hydrogens is 394 g/mol. The first-order valence-corrected chi connectivity index (χ1v) is 11.0. The van der Waals surface area contributed by atoms with Crippen molar-refractivity contribution in [3.8, 4) is 0 Å². The highest BCUT2D eigenvalue weighted by molar-refractivity contribution is 6.02. The lowest BCUT2D eigenvalue weighted by atomic mass is 9.70. The number of fused-ring (bicyclic) bond motifs is 1. The van der Waals surface area contributed by atoms with Crippen LogP contribution < -0.4 is 10.6 Å². The summed E-state index contributed by atoms with van der Waals surface area (Å²) in [6.45, 7) is 6.22. The zero-order chi connectivity index (χ0) is 22.7. The molecule has 0 spiro atoms. The molecule has 5 atom stereocenters. The van der Waals surface area contributed by atoms with Crippen molar-refractivity contribution in [3.05, 3.63) is 41.5 Å². The molecule has 1 aromatic rings. The monoisotopic (exact) mass is 427 g/mol. The minimum Gasteiger partial charge on any atom is -0.396 e. The van der Waals surface area contributed by atoms with Crippen LogP contribution in [0.5, 0.6) is 0 Å². The van der Waals surface area contributed by atoms with Gasteiger partial charge in [-0.2, -0.15) is 0 Å². The van der Waals surface area contributed by atoms with Gasteiger partial charge in [-0.15, -0.1) is 0 Å². The van der Waals surface area contributed by atoms with E-state index in [1.807, 2.05) is 51.1 Å². The number of anilines is 1. The van der Waals surface area contributed by atoms with Gasteiger partial charge in [-0.1, -0.05) is 37.3 Å². The molecule has 1 aliphatic heterocycles. The minimum atomic E-state index is -0.689. The molecule has 168 valence electrons. The van der Waals surface area contributed by atoms with Gasteiger partial charge in [0.15, 0.2) is 0 Å². The Morgan fingerprint density at radius 2 is 1.77 bits per heavy atom. The number of likely N-dealkylation sites (tertiary alicyclic amines) is 1. The molecule has 0 unspecified atom stereocenters. The topological polar surface area (TPSA) is 98.7 Å². The largest absolute Gasteiger partial charge is 0.396 e. The quantitative estimate of drug-likeness (QED) is 0.458. The van der Waals surface area contributed by atoms with Gasteiger partial charge in [-0.3, -0.25) is 14.4 Å². The van der Waals surface area contributed by atoms with Gasteiger partial charge >= 0.3 is 0 Å². The van der Waals surface area contributed by atoms with Crippen LogP contribution in [0.4, 0.5) is 5.69 Å². The Kier molecular flexibility index (Phi) is 7.15. The lowest BCUT2D eigenvalue weighted by Gasteiger charge is -2.32. The Labute approximate surface area is 183 Å². The zero-order valence-electron chi connectivity index (χ0n) is 18.7. The van der Waals surface area contributed by atoms with E-state index in [1.165, 1.54) is 0 Å². The number of rotatable bonds is 7. The Morgan fingerprint density at radius 1 is 1.10 bits per heavy atom. The predicted molar refractivity (Wildman–Crippen MR) is 119 cm³/mol. The third kappa shape index (κ3) is 4.37. The van der Waals surface area contributed by atoms with Crippen LogP contribution in [0.1, 0.15) is 30.9 Å². The van der Waals surface area contributed by atoms with Gasteiger partial charge in [0.25, 0.3) is 0 Å². The minimum absolute atomic E-state index is 0.0337. The summed E-state index contributed by atoms with van der Waals surface area (Å²) in [4.78, 5) is 41.2. The van der Waals surface area contributed by atoms with E-state index in [4.69, 9.17) is 0 Å². The average molecular weight is 428 g/mol. The Morgan fingerprint density at radius 3 is 2.39 bits per heavy atom. The van der Waals surface area contributed by atoms with Crippen molar-refractivity contribution in [1.82, 2.24) is 10.2 Å². The summed E-state index contributed by atoms with van der Waals surface area (Å²) in [6.07, 6.45) is 5.03. The lowest BCUT2D eigenvalue weighted by Crippen LogP contribution is -2.45. The fourth-order valence-electron chi connectivity index (χ4n) is 5.00. The number of aliphatic hydroxyl groups is 1. The number of carbonyl (C=O) groups excluding carboxylic acids is 3. The summed E-state index contributed by atoms with van der Waals surface area (Å²) in [5, 5.41) is 14.9. The second-order valence-electron chi connectivity index (χ2n) is 8.65. The number of nitrogens with zero attached hydrogens (tertiary/aromatic N) is 1. The standard InChI is InChI=1S/C24H33N3O4/c1-14-10-11-17-19(18(14)22(29)25-4)24(31)27(12-5-6-13-28)21(17)23(30)26-20-15(2)8-7-9-16(20)3/h7-11,14,17-19,21,28H,5-6,12-13H2,1-4H3,(H,25,29)(H,26,30)/t14-,17+,18-,19+,21+/m1/s1. The van der Waals surface area contributed by atoms with Crippen LogP contribution in [-0.2, 0) is 14.4 Å². The maximum absolute atomic E-state index is 13.5. The van der Waals surface area contributed by atoms with Gasteiger partial charge in [-0.05, 0) is 43.7 Å². The fourth-order valence-corrected chi connectivity index (χ4v) is 5.00. The third-order valence-electron chi connectivity index (χ3n) is 6.63. The Bertz CT molecular complexity index is 861. The first kappa shape index (κ1) is 23.0. The number of amides is 3. The van der Waals surface area contributed by atoms with E-state index in [1.54, 1.807) is 11.9 Å². The number of hydrogen-bond donors (Lipinski definition) is 3. The van der Waals surface area contributed by atoms with Crippen molar-refractivity contribution < 1.29 is 19.5 Å². The van der Waals surface area contributed by atoms with Gasteiger partial charge in [-0.25, -0.2) is 0 Å². The van der Waals surface area contributed by atoms with Crippen molar-refractivity contribution in [2.45, 2.75) is 39.7 Å². The maximum Gasteiger partial charge on any atom is 0.247 e. The molecule has 1 heterocycles. The lowest BCUT2D eigenvalue weighted by molar-refractivity contribution is -0.140. The molecule has 2 aliphatic rings. The van der Waals surface area contributed by atoms with E-state index in [-0.39, 0.29) is 36.2 Å². The number of para-hydroxylation sites is 1. The predicted octanol–water partition coefficient (Wildman–Crippen LogP) is 2.03. The molecule has 7 heteroatoms. The summed E-state index contributed by atoms with van der Waals surface area (Å²) < 4.78 is 0. The fraction of sp³-hybridized carbons (Fsp3) is 0.542. The summed E-state index contributed by atoms with van der Waals surface area (Å²) in [6, 6.07) is 5.13. The molecule has 0 saturated carbocycles. The zero-order valence-corrected chi connectivity index (χ0v) is 18.7. The van der Waals surface area contributed by atoms with Crippen molar-refractivity contribution in [2.75, 3.05) is 25.5 Å². The highest BCUT2D eigenvalue weighted by Gasteiger charge is 2.56. The first-order chi connectivity index (χ1) is 14.8. The number of aryl methyl sites for hydroxylation is 2. The molecule has 0 aromatic heterocycles. The molecule has 3 N–H and O–H groups in total. The molecule has 1 fully saturated rings. The van der Waals surface area contributed by atoms with Crippen LogP contribution in [0.2, 0.25) is 0 Å². The molecule has 7 nitrogen and oxygen atoms in total. The maximum atomic E-state index is 13.5. The van der Waals surface area contributed by atoms with Crippen molar-refractivity contribution >= 4 is 23.4 Å². The smallest absolute Gasteiger partial charge is 0.247 e. The van der Waals surface area contributed by atoms with Crippen LogP contribution >= 0.6 is 0 Å². The van der Waals surface area contributed by atoms with Crippen molar-refractivity contribution in [1.29, 1.82) is 0 Å². The molecule has 3 amide bonds. The van der Waals surface area contributed by atoms with E-state index in [2.05, 4.69) is 10.6 Å². The van der Waals surface area contributed by atoms with Gasteiger partial charge in [0.05, 0.1) is 11.8 Å². The Hall–Kier alpha value is -2.67. The number of aliphatic hydroxyl groups excluding tert-OH is 1. The third-order valence-corrected chi connectivity index (χ3v) is 6.63. The van der Waals surface area contributed by atoms with E-state index < -0.39 is 17.9 Å². The second kappa shape index (κ2) is 9.64.